The first-order chi connectivity index (χ1) is 8.93. The van der Waals surface area contributed by atoms with Crippen molar-refractivity contribution >= 4 is 10.9 Å². The number of hydrogen-bond acceptors (Lipinski definition) is 2. The van der Waals surface area contributed by atoms with Gasteiger partial charge >= 0.3 is 0 Å². The minimum absolute atomic E-state index is 0. The zero-order chi connectivity index (χ0) is 12.2. The van der Waals surface area contributed by atoms with E-state index in [1.807, 2.05) is 60.7 Å². The van der Waals surface area contributed by atoms with Gasteiger partial charge in [0, 0.05) is 18.6 Å². The minimum Gasteiger partial charge on any atom is -0.500 e. The maximum Gasteiger partial charge on any atom is 0.112 e. The molecule has 0 spiro atoms. The summed E-state index contributed by atoms with van der Waals surface area (Å²) in [6.07, 6.45) is 2.84. The van der Waals surface area contributed by atoms with Crippen LogP contribution in [0.15, 0.2) is 60.7 Å². The van der Waals surface area contributed by atoms with Gasteiger partial charge in [0.2, 0.25) is 0 Å². The molecule has 1 aromatic heterocycles. The van der Waals surface area contributed by atoms with Crippen LogP contribution in [-0.2, 0) is 25.2 Å². The molecule has 3 rings (SSSR count). The Morgan fingerprint density at radius 2 is 1.79 bits per heavy atom. The number of fused-ring (bicyclic) bond motifs is 1. The van der Waals surface area contributed by atoms with E-state index in [-0.39, 0.29) is 18.6 Å². The fourth-order valence-corrected chi connectivity index (χ4v) is 1.87. The van der Waals surface area contributed by atoms with Crippen LogP contribution in [0.5, 0.6) is 5.75 Å². The Kier molecular flexibility index (Phi) is 4.61. The molecule has 93 valence electrons. The predicted octanol–water partition coefficient (Wildman–Crippen LogP) is 3.61. The van der Waals surface area contributed by atoms with Crippen molar-refractivity contribution in [1.82, 2.24) is 4.98 Å². The van der Waals surface area contributed by atoms with Crippen LogP contribution in [0.25, 0.3) is 10.9 Å². The van der Waals surface area contributed by atoms with Crippen molar-refractivity contribution in [2.75, 3.05) is 0 Å². The molecule has 3 aromatic rings. The summed E-state index contributed by atoms with van der Waals surface area (Å²) in [7, 11) is 0. The van der Waals surface area contributed by atoms with Crippen LogP contribution in [0.3, 0.4) is 0 Å². The summed E-state index contributed by atoms with van der Waals surface area (Å²) in [6.45, 7) is 0.552. The van der Waals surface area contributed by atoms with Crippen LogP contribution in [0.2, 0.25) is 0 Å². The molecule has 1 heterocycles. The number of nitrogens with zero attached hydrogens (tertiary/aromatic N) is 1. The van der Waals surface area contributed by atoms with Crippen LogP contribution in [-0.4, -0.2) is 4.98 Å². The SMILES string of the molecule is [V].[c-]1ccc2cccc(OCc3ccccc3)c2n1. The smallest absolute Gasteiger partial charge is 0.112 e. The molecule has 0 N–H and O–H groups in total. The Hall–Kier alpha value is -1.77. The molecule has 0 amide bonds. The average Bonchev–Trinajstić information content (AvgIpc) is 2.46. The second-order valence-electron chi connectivity index (χ2n) is 4.04. The second kappa shape index (κ2) is 6.42. The average molecular weight is 285 g/mol. The summed E-state index contributed by atoms with van der Waals surface area (Å²) in [5, 5.41) is 1.07. The van der Waals surface area contributed by atoms with Crippen LogP contribution in [0.1, 0.15) is 5.56 Å². The molecule has 2 nitrogen and oxygen atoms in total. The maximum atomic E-state index is 5.82. The first-order valence-electron chi connectivity index (χ1n) is 5.86. The quantitative estimate of drug-likeness (QED) is 0.686. The fourth-order valence-electron chi connectivity index (χ4n) is 1.87. The number of rotatable bonds is 3. The van der Waals surface area contributed by atoms with Crippen LogP contribution in [0.4, 0.5) is 0 Å². The van der Waals surface area contributed by atoms with E-state index < -0.39 is 0 Å². The molecule has 0 bridgehead atoms. The Labute approximate surface area is 124 Å². The molecule has 3 heteroatoms. The number of para-hydroxylation sites is 1. The molecule has 0 unspecified atom stereocenters. The van der Waals surface area contributed by atoms with E-state index in [2.05, 4.69) is 11.2 Å². The molecule has 0 aliphatic heterocycles. The first kappa shape index (κ1) is 13.7. The van der Waals surface area contributed by atoms with Crippen molar-refractivity contribution in [3.63, 3.8) is 0 Å². The topological polar surface area (TPSA) is 22.1 Å². The van der Waals surface area contributed by atoms with Gasteiger partial charge in [-0.25, -0.2) is 0 Å². The van der Waals surface area contributed by atoms with Crippen LogP contribution < -0.4 is 4.74 Å². The van der Waals surface area contributed by atoms with Crippen molar-refractivity contribution in [2.45, 2.75) is 6.61 Å². The molecule has 1 radical (unpaired) electrons. The maximum absolute atomic E-state index is 5.82. The van der Waals surface area contributed by atoms with Crippen molar-refractivity contribution in [2.24, 2.45) is 0 Å². The van der Waals surface area contributed by atoms with Gasteiger partial charge in [-0.05, 0) is 17.1 Å². The van der Waals surface area contributed by atoms with E-state index in [1.54, 1.807) is 0 Å². The Balaban J connectivity index is 0.00000133. The van der Waals surface area contributed by atoms with E-state index in [1.165, 1.54) is 0 Å². The molecule has 0 fully saturated rings. The van der Waals surface area contributed by atoms with Gasteiger partial charge in [0.1, 0.15) is 6.61 Å². The molecule has 0 aliphatic rings. The van der Waals surface area contributed by atoms with Gasteiger partial charge in [0.15, 0.2) is 0 Å². The third kappa shape index (κ3) is 3.17. The van der Waals surface area contributed by atoms with E-state index in [0.29, 0.717) is 6.61 Å². The molecule has 0 saturated heterocycles. The van der Waals surface area contributed by atoms with Gasteiger partial charge in [-0.15, -0.1) is 5.39 Å². The summed E-state index contributed by atoms with van der Waals surface area (Å²) in [5.74, 6) is 0.799. The molecule has 0 aliphatic carbocycles. The van der Waals surface area contributed by atoms with E-state index in [4.69, 9.17) is 4.74 Å². The minimum atomic E-state index is 0. The standard InChI is InChI=1S/C16H12NO.V/c1-2-6-13(7-3-1)12-18-15-10-4-8-14-9-5-11-17-16(14)15;/h1-10H,12H2;/q-1;. The van der Waals surface area contributed by atoms with E-state index >= 15 is 0 Å². The zero-order valence-electron chi connectivity index (χ0n) is 10.3. The van der Waals surface area contributed by atoms with Gasteiger partial charge < -0.3 is 9.72 Å². The Bertz CT molecular complexity index is 650. The van der Waals surface area contributed by atoms with E-state index in [9.17, 15) is 0 Å². The summed E-state index contributed by atoms with van der Waals surface area (Å²) < 4.78 is 5.82. The summed E-state index contributed by atoms with van der Waals surface area (Å²) in [5.41, 5.74) is 2.00. The number of benzene rings is 2. The summed E-state index contributed by atoms with van der Waals surface area (Å²) in [6, 6.07) is 19.8. The third-order valence-corrected chi connectivity index (χ3v) is 2.78. The van der Waals surface area contributed by atoms with Gasteiger partial charge in [0.05, 0.1) is 5.75 Å². The first-order valence-corrected chi connectivity index (χ1v) is 5.86. The largest absolute Gasteiger partial charge is 0.500 e. The van der Waals surface area contributed by atoms with Gasteiger partial charge in [-0.3, -0.25) is 0 Å². The van der Waals surface area contributed by atoms with Crippen molar-refractivity contribution < 1.29 is 23.3 Å². The fraction of sp³-hybridized carbons (Fsp3) is 0.0625. The van der Waals surface area contributed by atoms with Crippen molar-refractivity contribution in [3.05, 3.63) is 72.4 Å². The number of hydrogen-bond donors (Lipinski definition) is 0. The molecular weight excluding hydrogens is 273 g/mol. The monoisotopic (exact) mass is 285 g/mol. The number of aromatic nitrogens is 1. The normalized spacial score (nSPS) is 9.89. The molecule has 19 heavy (non-hydrogen) atoms. The number of pyridine rings is 1. The molecule has 0 atom stereocenters. The number of ether oxygens (including phenoxy) is 1. The van der Waals surface area contributed by atoms with E-state index in [0.717, 1.165) is 22.2 Å². The third-order valence-electron chi connectivity index (χ3n) is 2.78. The van der Waals surface area contributed by atoms with Gasteiger partial charge in [-0.1, -0.05) is 48.7 Å². The summed E-state index contributed by atoms with van der Waals surface area (Å²) >= 11 is 0. The second-order valence-corrected chi connectivity index (χ2v) is 4.04. The van der Waals surface area contributed by atoms with Crippen molar-refractivity contribution in [1.29, 1.82) is 0 Å². The van der Waals surface area contributed by atoms with Crippen LogP contribution in [0, 0.1) is 6.20 Å². The predicted molar refractivity (Wildman–Crippen MR) is 71.4 cm³/mol. The molecule has 2 aromatic carbocycles. The van der Waals surface area contributed by atoms with Gasteiger partial charge in [-0.2, -0.15) is 12.1 Å². The Morgan fingerprint density at radius 3 is 2.63 bits per heavy atom. The molecular formula is C16H12NOV-. The Morgan fingerprint density at radius 1 is 0.947 bits per heavy atom. The summed E-state index contributed by atoms with van der Waals surface area (Å²) in [4.78, 5) is 4.24. The van der Waals surface area contributed by atoms with Crippen molar-refractivity contribution in [3.8, 4) is 5.75 Å². The van der Waals surface area contributed by atoms with Crippen LogP contribution >= 0.6 is 0 Å². The molecule has 0 saturated carbocycles. The van der Waals surface area contributed by atoms with Gasteiger partial charge in [0.25, 0.3) is 0 Å². The zero-order valence-corrected chi connectivity index (χ0v) is 11.7.